The second-order valence-corrected chi connectivity index (χ2v) is 4.48. The van der Waals surface area contributed by atoms with Crippen molar-refractivity contribution in [2.75, 3.05) is 20.6 Å². The summed E-state index contributed by atoms with van der Waals surface area (Å²) >= 11 is 0. The number of rotatable bonds is 4. The van der Waals surface area contributed by atoms with E-state index in [1.165, 1.54) is 14.7 Å². The second kappa shape index (κ2) is 4.35. The van der Waals surface area contributed by atoms with E-state index in [0.29, 0.717) is 6.42 Å². The van der Waals surface area contributed by atoms with E-state index >= 15 is 0 Å². The van der Waals surface area contributed by atoms with E-state index in [9.17, 15) is 19.5 Å². The summed E-state index contributed by atoms with van der Waals surface area (Å²) in [6.07, 6.45) is -0.547. The van der Waals surface area contributed by atoms with Gasteiger partial charge in [-0.05, 0) is 12.8 Å². The number of urea groups is 2. The van der Waals surface area contributed by atoms with Gasteiger partial charge in [0.05, 0.1) is 0 Å². The molecule has 0 saturated carbocycles. The van der Waals surface area contributed by atoms with Crippen molar-refractivity contribution >= 4 is 18.0 Å². The van der Waals surface area contributed by atoms with Crippen molar-refractivity contribution in [3.8, 4) is 0 Å². The van der Waals surface area contributed by atoms with Gasteiger partial charge < -0.3 is 29.9 Å². The Hall–Kier alpha value is -1.99. The van der Waals surface area contributed by atoms with Crippen LogP contribution in [0.25, 0.3) is 0 Å². The van der Waals surface area contributed by atoms with E-state index in [0.717, 1.165) is 0 Å². The number of carbonyl (C=O) groups is 3. The van der Waals surface area contributed by atoms with Gasteiger partial charge in [-0.1, -0.05) is 0 Å². The van der Waals surface area contributed by atoms with Gasteiger partial charge in [0.25, 0.3) is 0 Å². The highest BCUT2D eigenvalue weighted by Crippen LogP contribution is 2.26. The molecule has 2 fully saturated rings. The van der Waals surface area contributed by atoms with Crippen LogP contribution in [0.1, 0.15) is 12.8 Å². The van der Waals surface area contributed by atoms with Crippen LogP contribution in [0.5, 0.6) is 0 Å². The average molecular weight is 255 g/mol. The van der Waals surface area contributed by atoms with Crippen molar-refractivity contribution in [3.63, 3.8) is 0 Å². The van der Waals surface area contributed by atoms with Gasteiger partial charge in [0.2, 0.25) is 0 Å². The molecule has 2 unspecified atom stereocenters. The number of hydrogen-bond donors (Lipinski definition) is 1. The Morgan fingerprint density at radius 2 is 2.00 bits per heavy atom. The third-order valence-electron chi connectivity index (χ3n) is 3.33. The van der Waals surface area contributed by atoms with Crippen molar-refractivity contribution in [2.45, 2.75) is 25.2 Å². The molecule has 100 valence electrons. The Kier molecular flexibility index (Phi) is 3.02. The molecule has 0 aliphatic carbocycles. The van der Waals surface area contributed by atoms with Gasteiger partial charge in [-0.15, -0.1) is 0 Å². The Balaban J connectivity index is 2.04. The number of aliphatic carboxylic acids is 1. The normalized spacial score (nSPS) is 26.7. The van der Waals surface area contributed by atoms with E-state index < -0.39 is 5.97 Å². The van der Waals surface area contributed by atoms with E-state index in [-0.39, 0.29) is 37.4 Å². The quantitative estimate of drug-likeness (QED) is 0.640. The summed E-state index contributed by atoms with van der Waals surface area (Å²) in [5.74, 6) is -1.14. The molecule has 2 aliphatic heterocycles. The molecule has 2 heterocycles. The minimum Gasteiger partial charge on any atom is -0.550 e. The molecule has 2 aliphatic rings. The fourth-order valence-corrected chi connectivity index (χ4v) is 2.40. The zero-order chi connectivity index (χ0) is 13.4. The van der Waals surface area contributed by atoms with Gasteiger partial charge in [0.15, 0.2) is 0 Å². The van der Waals surface area contributed by atoms with Gasteiger partial charge in [-0.3, -0.25) is 0 Å². The number of carbonyl (C=O) groups excluding carboxylic acids is 3. The molecule has 1 N–H and O–H groups in total. The molecule has 0 aromatic heterocycles. The summed E-state index contributed by atoms with van der Waals surface area (Å²) in [6, 6.07) is -0.454. The van der Waals surface area contributed by atoms with Crippen LogP contribution in [-0.4, -0.2) is 65.7 Å². The highest BCUT2D eigenvalue weighted by Gasteiger charge is 2.52. The summed E-state index contributed by atoms with van der Waals surface area (Å²) in [5.41, 5.74) is 0. The Labute approximate surface area is 104 Å². The minimum absolute atomic E-state index is 0.103. The molecule has 2 atom stereocenters. The van der Waals surface area contributed by atoms with Crippen LogP contribution >= 0.6 is 0 Å². The first-order valence-electron chi connectivity index (χ1n) is 5.70. The third kappa shape index (κ3) is 1.83. The topological polar surface area (TPSA) is 96.0 Å². The molecule has 0 aromatic rings. The monoisotopic (exact) mass is 255 g/mol. The van der Waals surface area contributed by atoms with Crippen molar-refractivity contribution in [2.24, 2.45) is 0 Å². The summed E-state index contributed by atoms with van der Waals surface area (Å²) in [5, 5.41) is 13.0. The van der Waals surface area contributed by atoms with E-state index in [2.05, 4.69) is 5.32 Å². The molecule has 2 saturated heterocycles. The van der Waals surface area contributed by atoms with Crippen molar-refractivity contribution in [3.05, 3.63) is 0 Å². The van der Waals surface area contributed by atoms with Crippen LogP contribution in [-0.2, 0) is 4.79 Å². The molecule has 2 rings (SSSR count). The van der Waals surface area contributed by atoms with Crippen LogP contribution < -0.4 is 10.4 Å². The SMILES string of the molecule is CN1C(=O)N(C)C2C1NC(=O)N2CCCC(=O)[O-]. The Morgan fingerprint density at radius 1 is 1.33 bits per heavy atom. The highest BCUT2D eigenvalue weighted by atomic mass is 16.4. The lowest BCUT2D eigenvalue weighted by Gasteiger charge is -2.26. The van der Waals surface area contributed by atoms with E-state index in [4.69, 9.17) is 0 Å². The van der Waals surface area contributed by atoms with Gasteiger partial charge in [0.1, 0.15) is 12.3 Å². The number of carboxylic acid groups (broad SMARTS) is 1. The van der Waals surface area contributed by atoms with Crippen molar-refractivity contribution < 1.29 is 19.5 Å². The summed E-state index contributed by atoms with van der Waals surface area (Å²) < 4.78 is 0. The first-order chi connectivity index (χ1) is 8.43. The number of carboxylic acids is 1. The van der Waals surface area contributed by atoms with E-state index in [1.807, 2.05) is 0 Å². The van der Waals surface area contributed by atoms with Crippen LogP contribution in [0.3, 0.4) is 0 Å². The van der Waals surface area contributed by atoms with Crippen LogP contribution in [0.4, 0.5) is 9.59 Å². The number of nitrogens with zero attached hydrogens (tertiary/aromatic N) is 3. The lowest BCUT2D eigenvalue weighted by molar-refractivity contribution is -0.305. The molecule has 0 aromatic carbocycles. The summed E-state index contributed by atoms with van der Waals surface area (Å²) in [6.45, 7) is 0.284. The molecular weight excluding hydrogens is 240 g/mol. The van der Waals surface area contributed by atoms with Crippen LogP contribution in [0.2, 0.25) is 0 Å². The minimum atomic E-state index is -1.14. The zero-order valence-corrected chi connectivity index (χ0v) is 10.3. The maximum Gasteiger partial charge on any atom is 0.323 e. The van der Waals surface area contributed by atoms with E-state index in [1.54, 1.807) is 14.1 Å². The predicted octanol–water partition coefficient (Wildman–Crippen LogP) is -1.81. The number of fused-ring (bicyclic) bond motifs is 1. The zero-order valence-electron chi connectivity index (χ0n) is 10.3. The largest absolute Gasteiger partial charge is 0.550 e. The molecule has 0 bridgehead atoms. The maximum atomic E-state index is 11.7. The van der Waals surface area contributed by atoms with Crippen LogP contribution in [0.15, 0.2) is 0 Å². The molecule has 0 radical (unpaired) electrons. The van der Waals surface area contributed by atoms with Gasteiger partial charge in [-0.25, -0.2) is 9.59 Å². The number of hydrogen-bond acceptors (Lipinski definition) is 4. The lowest BCUT2D eigenvalue weighted by atomic mass is 10.3. The van der Waals surface area contributed by atoms with Crippen LogP contribution in [0, 0.1) is 0 Å². The number of nitrogens with one attached hydrogen (secondary N) is 1. The number of likely N-dealkylation sites (N-methyl/N-ethyl adjacent to an activating group) is 2. The first-order valence-corrected chi connectivity index (χ1v) is 5.70. The molecule has 0 spiro atoms. The molecule has 8 nitrogen and oxygen atoms in total. The number of amides is 4. The van der Waals surface area contributed by atoms with Gasteiger partial charge >= 0.3 is 12.1 Å². The van der Waals surface area contributed by atoms with Gasteiger partial charge in [-0.2, -0.15) is 0 Å². The second-order valence-electron chi connectivity index (χ2n) is 4.48. The fourth-order valence-electron chi connectivity index (χ4n) is 2.40. The summed E-state index contributed by atoms with van der Waals surface area (Å²) in [4.78, 5) is 38.2. The molecule has 4 amide bonds. The lowest BCUT2D eigenvalue weighted by Crippen LogP contribution is -2.45. The Morgan fingerprint density at radius 3 is 2.61 bits per heavy atom. The predicted molar refractivity (Wildman–Crippen MR) is 58.0 cm³/mol. The van der Waals surface area contributed by atoms with Crippen molar-refractivity contribution in [1.82, 2.24) is 20.0 Å². The Bertz CT molecular complexity index is 399. The fraction of sp³-hybridized carbons (Fsp3) is 0.700. The standard InChI is InChI=1S/C10H16N4O4/c1-12-7-8(13(2)10(12)18)14(9(17)11-7)5-3-4-6(15)16/h7-8H,3-5H2,1-2H3,(H,11,17)(H,15,16)/p-1. The van der Waals surface area contributed by atoms with Gasteiger partial charge in [0, 0.05) is 26.6 Å². The first kappa shape index (κ1) is 12.5. The molecular formula is C10H15N4O4-. The van der Waals surface area contributed by atoms with Crippen molar-refractivity contribution in [1.29, 1.82) is 0 Å². The summed E-state index contributed by atoms with van der Waals surface area (Å²) in [7, 11) is 3.24. The highest BCUT2D eigenvalue weighted by molar-refractivity contribution is 5.84. The smallest absolute Gasteiger partial charge is 0.323 e. The maximum absolute atomic E-state index is 11.7. The third-order valence-corrected chi connectivity index (χ3v) is 3.33. The average Bonchev–Trinajstić information content (AvgIpc) is 2.72. The molecule has 18 heavy (non-hydrogen) atoms. The molecule has 8 heteroatoms.